The molecule has 7 nitrogen and oxygen atoms in total. The molecule has 0 saturated carbocycles. The molecule has 0 spiro atoms. The highest BCUT2D eigenvalue weighted by Crippen LogP contribution is 2.16. The van der Waals surface area contributed by atoms with Crippen LogP contribution in [0.3, 0.4) is 0 Å². The van der Waals surface area contributed by atoms with Gasteiger partial charge in [-0.3, -0.25) is 18.8 Å². The molecule has 0 unspecified atom stereocenters. The number of nitrogens with one attached hydrogen (secondary N) is 1. The number of anilines is 1. The van der Waals surface area contributed by atoms with Gasteiger partial charge in [-0.2, -0.15) is 0 Å². The summed E-state index contributed by atoms with van der Waals surface area (Å²) in [6.07, 6.45) is 0. The van der Waals surface area contributed by atoms with Crippen LogP contribution in [-0.4, -0.2) is 45.9 Å². The number of aromatic nitrogens is 2. The second-order valence-corrected chi connectivity index (χ2v) is 8.22. The summed E-state index contributed by atoms with van der Waals surface area (Å²) in [5.74, 6) is 0.478. The van der Waals surface area contributed by atoms with Gasteiger partial charge in [0.1, 0.15) is 0 Å². The molecular formula is C19H20N4O3S2. The second-order valence-electron chi connectivity index (χ2n) is 6.40. The van der Waals surface area contributed by atoms with Crippen LogP contribution in [0.5, 0.6) is 0 Å². The van der Waals surface area contributed by atoms with Crippen molar-refractivity contribution in [3.05, 3.63) is 63.0 Å². The maximum Gasteiger partial charge on any atom is 0.258 e. The lowest BCUT2D eigenvalue weighted by Crippen LogP contribution is -2.21. The van der Waals surface area contributed by atoms with Gasteiger partial charge < -0.3 is 10.2 Å². The van der Waals surface area contributed by atoms with Gasteiger partial charge in [0, 0.05) is 48.2 Å². The van der Waals surface area contributed by atoms with Crippen LogP contribution in [0, 0.1) is 6.92 Å². The Morgan fingerprint density at radius 1 is 1.25 bits per heavy atom. The number of aryl methyl sites for hydroxylation is 1. The zero-order valence-corrected chi connectivity index (χ0v) is 17.4. The molecule has 0 aliphatic heterocycles. The molecule has 2 heterocycles. The molecule has 0 aliphatic carbocycles. The summed E-state index contributed by atoms with van der Waals surface area (Å²) < 4.78 is 1.58. The Bertz CT molecular complexity index is 1070. The minimum absolute atomic E-state index is 0.0882. The maximum atomic E-state index is 12.2. The lowest BCUT2D eigenvalue weighted by Gasteiger charge is -2.11. The molecule has 0 atom stereocenters. The van der Waals surface area contributed by atoms with Crippen molar-refractivity contribution < 1.29 is 9.59 Å². The number of thiazole rings is 1. The van der Waals surface area contributed by atoms with Crippen LogP contribution in [0.4, 0.5) is 5.69 Å². The minimum Gasteiger partial charge on any atom is -0.345 e. The Balaban J connectivity index is 1.53. The van der Waals surface area contributed by atoms with E-state index in [1.807, 2.05) is 12.3 Å². The Morgan fingerprint density at radius 3 is 2.64 bits per heavy atom. The van der Waals surface area contributed by atoms with Crippen LogP contribution in [-0.2, 0) is 10.5 Å². The first-order valence-electron chi connectivity index (χ1n) is 8.51. The number of rotatable bonds is 6. The predicted molar refractivity (Wildman–Crippen MR) is 113 cm³/mol. The molecule has 1 aromatic carbocycles. The van der Waals surface area contributed by atoms with E-state index in [4.69, 9.17) is 0 Å². The van der Waals surface area contributed by atoms with Gasteiger partial charge in [-0.05, 0) is 31.2 Å². The molecule has 0 saturated heterocycles. The van der Waals surface area contributed by atoms with Crippen LogP contribution in [0.15, 0.2) is 40.5 Å². The first kappa shape index (κ1) is 20.1. The van der Waals surface area contributed by atoms with Gasteiger partial charge in [0.25, 0.3) is 11.5 Å². The molecule has 28 heavy (non-hydrogen) atoms. The van der Waals surface area contributed by atoms with Crippen LogP contribution >= 0.6 is 23.1 Å². The third-order valence-electron chi connectivity index (χ3n) is 3.93. The molecule has 146 valence electrons. The van der Waals surface area contributed by atoms with E-state index in [2.05, 4.69) is 10.3 Å². The molecule has 2 aromatic heterocycles. The number of hydrogen-bond donors (Lipinski definition) is 1. The number of amides is 2. The third-order valence-corrected chi connectivity index (χ3v) is 5.84. The summed E-state index contributed by atoms with van der Waals surface area (Å²) in [6.45, 7) is 1.87. The van der Waals surface area contributed by atoms with Crippen LogP contribution < -0.4 is 10.9 Å². The van der Waals surface area contributed by atoms with Gasteiger partial charge in [0.05, 0.1) is 11.4 Å². The molecule has 3 rings (SSSR count). The van der Waals surface area contributed by atoms with Gasteiger partial charge in [0.2, 0.25) is 5.91 Å². The largest absolute Gasteiger partial charge is 0.345 e. The zero-order valence-electron chi connectivity index (χ0n) is 15.8. The van der Waals surface area contributed by atoms with Crippen molar-refractivity contribution in [3.8, 4) is 0 Å². The first-order valence-corrected chi connectivity index (χ1v) is 10.5. The Labute approximate surface area is 170 Å². The molecule has 2 amide bonds. The number of nitrogens with zero attached hydrogens (tertiary/aromatic N) is 3. The standard InChI is InChI=1S/C19H20N4O3S2/c1-12-9-28-19-21-15(8-17(25)23(12)19)10-27-11-16(24)20-14-6-4-13(5-7-14)18(26)22(2)3/h4-9H,10-11H2,1-3H3,(H,20,24). The topological polar surface area (TPSA) is 83.8 Å². The van der Waals surface area contributed by atoms with Crippen LogP contribution in [0.2, 0.25) is 0 Å². The van der Waals surface area contributed by atoms with E-state index in [1.54, 1.807) is 42.8 Å². The van der Waals surface area contributed by atoms with Gasteiger partial charge in [-0.15, -0.1) is 23.1 Å². The van der Waals surface area contributed by atoms with E-state index >= 15 is 0 Å². The number of carbonyl (C=O) groups excluding carboxylic acids is 2. The summed E-state index contributed by atoms with van der Waals surface area (Å²) in [5, 5.41) is 4.69. The summed E-state index contributed by atoms with van der Waals surface area (Å²) in [4.78, 5) is 42.8. The van der Waals surface area contributed by atoms with E-state index in [1.165, 1.54) is 34.1 Å². The van der Waals surface area contributed by atoms with Crippen molar-refractivity contribution in [2.24, 2.45) is 0 Å². The van der Waals surface area contributed by atoms with Gasteiger partial charge in [0.15, 0.2) is 4.96 Å². The van der Waals surface area contributed by atoms with E-state index in [0.29, 0.717) is 27.7 Å². The summed E-state index contributed by atoms with van der Waals surface area (Å²) >= 11 is 2.82. The molecule has 3 aromatic rings. The number of hydrogen-bond acceptors (Lipinski definition) is 6. The first-order chi connectivity index (χ1) is 13.3. The van der Waals surface area contributed by atoms with Crippen molar-refractivity contribution in [2.75, 3.05) is 25.2 Å². The van der Waals surface area contributed by atoms with E-state index in [-0.39, 0.29) is 23.1 Å². The maximum absolute atomic E-state index is 12.2. The van der Waals surface area contributed by atoms with E-state index in [9.17, 15) is 14.4 Å². The number of carbonyl (C=O) groups is 2. The van der Waals surface area contributed by atoms with Crippen molar-refractivity contribution in [2.45, 2.75) is 12.7 Å². The van der Waals surface area contributed by atoms with E-state index < -0.39 is 0 Å². The molecule has 9 heteroatoms. The average Bonchev–Trinajstić information content (AvgIpc) is 3.03. The highest BCUT2D eigenvalue weighted by atomic mass is 32.2. The smallest absolute Gasteiger partial charge is 0.258 e. The van der Waals surface area contributed by atoms with Crippen LogP contribution in [0.25, 0.3) is 4.96 Å². The van der Waals surface area contributed by atoms with Gasteiger partial charge in [-0.1, -0.05) is 0 Å². The van der Waals surface area contributed by atoms with Crippen molar-refractivity contribution >= 4 is 45.6 Å². The number of benzene rings is 1. The Hall–Kier alpha value is -2.65. The van der Waals surface area contributed by atoms with Crippen molar-refractivity contribution in [1.29, 1.82) is 0 Å². The third kappa shape index (κ3) is 4.60. The minimum atomic E-state index is -0.151. The normalized spacial score (nSPS) is 10.8. The molecule has 1 N–H and O–H groups in total. The SMILES string of the molecule is Cc1csc2nc(CSCC(=O)Nc3ccc(C(=O)N(C)C)cc3)cc(=O)n12. The number of fused-ring (bicyclic) bond motifs is 1. The lowest BCUT2D eigenvalue weighted by atomic mass is 10.2. The fourth-order valence-electron chi connectivity index (χ4n) is 2.57. The predicted octanol–water partition coefficient (Wildman–Crippen LogP) is 2.64. The Kier molecular flexibility index (Phi) is 6.15. The fourth-order valence-corrected chi connectivity index (χ4v) is 4.18. The highest BCUT2D eigenvalue weighted by Gasteiger charge is 2.10. The van der Waals surface area contributed by atoms with Gasteiger partial charge >= 0.3 is 0 Å². The van der Waals surface area contributed by atoms with Crippen molar-refractivity contribution in [3.63, 3.8) is 0 Å². The monoisotopic (exact) mass is 416 g/mol. The fraction of sp³-hybridized carbons (Fsp3) is 0.263. The summed E-state index contributed by atoms with van der Waals surface area (Å²) in [5.41, 5.74) is 2.63. The lowest BCUT2D eigenvalue weighted by molar-refractivity contribution is -0.113. The summed E-state index contributed by atoms with van der Waals surface area (Å²) in [6, 6.07) is 8.28. The summed E-state index contributed by atoms with van der Waals surface area (Å²) in [7, 11) is 3.38. The Morgan fingerprint density at radius 2 is 1.96 bits per heavy atom. The number of thioether (sulfide) groups is 1. The van der Waals surface area contributed by atoms with Crippen molar-refractivity contribution in [1.82, 2.24) is 14.3 Å². The van der Waals surface area contributed by atoms with E-state index in [0.717, 1.165) is 5.69 Å². The molecule has 0 radical (unpaired) electrons. The highest BCUT2D eigenvalue weighted by molar-refractivity contribution is 7.99. The zero-order chi connectivity index (χ0) is 20.3. The molecule has 0 aliphatic rings. The molecular weight excluding hydrogens is 396 g/mol. The second kappa shape index (κ2) is 8.57. The molecule has 0 fully saturated rings. The van der Waals surface area contributed by atoms with Gasteiger partial charge in [-0.25, -0.2) is 4.98 Å². The quantitative estimate of drug-likeness (QED) is 0.668. The van der Waals surface area contributed by atoms with Crippen LogP contribution in [0.1, 0.15) is 21.7 Å². The molecule has 0 bridgehead atoms. The average molecular weight is 417 g/mol.